The lowest BCUT2D eigenvalue weighted by Gasteiger charge is -2.14. The molecule has 1 amide bonds. The lowest BCUT2D eigenvalue weighted by molar-refractivity contribution is -0.149. The summed E-state index contributed by atoms with van der Waals surface area (Å²) in [5.74, 6) is -2.20. The fraction of sp³-hybridized carbons (Fsp3) is 0.222. The van der Waals surface area contributed by atoms with Crippen LogP contribution in [0.4, 0.5) is 10.1 Å². The van der Waals surface area contributed by atoms with Crippen molar-refractivity contribution in [1.29, 1.82) is 0 Å². The van der Waals surface area contributed by atoms with Crippen molar-refractivity contribution in [3.8, 4) is 0 Å². The maximum atomic E-state index is 13.6. The zero-order valence-electron chi connectivity index (χ0n) is 13.1. The van der Waals surface area contributed by atoms with Crippen LogP contribution in [-0.2, 0) is 14.3 Å². The summed E-state index contributed by atoms with van der Waals surface area (Å²) in [5.41, 5.74) is 0.810. The molecule has 0 saturated heterocycles. The third kappa shape index (κ3) is 4.80. The molecule has 2 aromatic carbocycles. The minimum atomic E-state index is -0.655. The summed E-state index contributed by atoms with van der Waals surface area (Å²) in [4.78, 5) is 24.0. The van der Waals surface area contributed by atoms with E-state index in [1.807, 2.05) is 37.3 Å². The molecule has 0 fully saturated rings. The van der Waals surface area contributed by atoms with Crippen molar-refractivity contribution in [3.63, 3.8) is 0 Å². The van der Waals surface area contributed by atoms with Gasteiger partial charge in [0.1, 0.15) is 5.82 Å². The van der Waals surface area contributed by atoms with Crippen molar-refractivity contribution in [2.45, 2.75) is 19.3 Å². The number of esters is 1. The third-order valence-corrected chi connectivity index (χ3v) is 3.68. The molecule has 0 aromatic heterocycles. The first-order chi connectivity index (χ1) is 11.5. The average Bonchev–Trinajstić information content (AvgIpc) is 2.57. The van der Waals surface area contributed by atoms with Gasteiger partial charge in [-0.05, 0) is 30.2 Å². The van der Waals surface area contributed by atoms with Gasteiger partial charge in [-0.1, -0.05) is 48.9 Å². The topological polar surface area (TPSA) is 55.4 Å². The van der Waals surface area contributed by atoms with Crippen LogP contribution >= 0.6 is 11.6 Å². The Bertz CT molecular complexity index is 721. The van der Waals surface area contributed by atoms with Gasteiger partial charge in [-0.3, -0.25) is 9.59 Å². The predicted molar refractivity (Wildman–Crippen MR) is 90.5 cm³/mol. The van der Waals surface area contributed by atoms with Gasteiger partial charge in [-0.25, -0.2) is 4.39 Å². The van der Waals surface area contributed by atoms with E-state index < -0.39 is 30.2 Å². The van der Waals surface area contributed by atoms with Gasteiger partial charge in [0.15, 0.2) is 6.61 Å². The lowest BCUT2D eigenvalue weighted by atomic mass is 9.97. The van der Waals surface area contributed by atoms with Gasteiger partial charge in [0.05, 0.1) is 11.6 Å². The Labute approximate surface area is 144 Å². The molecular formula is C18H17ClFNO3. The van der Waals surface area contributed by atoms with Gasteiger partial charge in [0, 0.05) is 5.02 Å². The molecule has 2 rings (SSSR count). The maximum absolute atomic E-state index is 13.6. The van der Waals surface area contributed by atoms with E-state index in [1.165, 1.54) is 12.1 Å². The lowest BCUT2D eigenvalue weighted by Crippen LogP contribution is -2.24. The van der Waals surface area contributed by atoms with E-state index in [2.05, 4.69) is 5.32 Å². The Morgan fingerprint density at radius 1 is 1.21 bits per heavy atom. The first-order valence-electron chi connectivity index (χ1n) is 7.47. The van der Waals surface area contributed by atoms with Crippen LogP contribution in [0, 0.1) is 5.82 Å². The van der Waals surface area contributed by atoms with Gasteiger partial charge in [0.25, 0.3) is 5.91 Å². The van der Waals surface area contributed by atoms with Crippen molar-refractivity contribution in [2.75, 3.05) is 11.9 Å². The maximum Gasteiger partial charge on any atom is 0.313 e. The molecule has 24 heavy (non-hydrogen) atoms. The highest BCUT2D eigenvalue weighted by Crippen LogP contribution is 2.21. The highest BCUT2D eigenvalue weighted by atomic mass is 35.5. The first-order valence-corrected chi connectivity index (χ1v) is 7.85. The molecule has 0 aliphatic rings. The first kappa shape index (κ1) is 17.9. The molecule has 0 radical (unpaired) electrons. The number of halogens is 2. The van der Waals surface area contributed by atoms with Crippen LogP contribution in [0.15, 0.2) is 48.5 Å². The Morgan fingerprint density at radius 2 is 1.92 bits per heavy atom. The number of ether oxygens (including phenoxy) is 1. The van der Waals surface area contributed by atoms with Crippen molar-refractivity contribution in [3.05, 3.63) is 64.9 Å². The molecule has 0 bridgehead atoms. The van der Waals surface area contributed by atoms with Crippen LogP contribution in [0.1, 0.15) is 24.8 Å². The highest BCUT2D eigenvalue weighted by molar-refractivity contribution is 6.30. The van der Waals surface area contributed by atoms with Crippen molar-refractivity contribution >= 4 is 29.2 Å². The molecule has 0 heterocycles. The van der Waals surface area contributed by atoms with Gasteiger partial charge in [0.2, 0.25) is 0 Å². The quantitative estimate of drug-likeness (QED) is 0.797. The minimum absolute atomic E-state index is 0.0180. The summed E-state index contributed by atoms with van der Waals surface area (Å²) < 4.78 is 18.7. The second-order valence-electron chi connectivity index (χ2n) is 5.15. The van der Waals surface area contributed by atoms with Crippen molar-refractivity contribution in [2.24, 2.45) is 0 Å². The number of amides is 1. The number of carbonyl (C=O) groups is 2. The molecule has 0 aliphatic carbocycles. The van der Waals surface area contributed by atoms with Crippen molar-refractivity contribution < 1.29 is 18.7 Å². The van der Waals surface area contributed by atoms with Gasteiger partial charge < -0.3 is 10.1 Å². The monoisotopic (exact) mass is 349 g/mol. The molecule has 1 N–H and O–H groups in total. The summed E-state index contributed by atoms with van der Waals surface area (Å²) >= 11 is 5.64. The second-order valence-corrected chi connectivity index (χ2v) is 5.59. The summed E-state index contributed by atoms with van der Waals surface area (Å²) in [7, 11) is 0. The van der Waals surface area contributed by atoms with Gasteiger partial charge >= 0.3 is 5.97 Å². The zero-order valence-corrected chi connectivity index (χ0v) is 13.8. The molecule has 6 heteroatoms. The van der Waals surface area contributed by atoms with Crippen LogP contribution in [0.2, 0.25) is 5.02 Å². The summed E-state index contributed by atoms with van der Waals surface area (Å²) in [5, 5.41) is 2.57. The summed E-state index contributed by atoms with van der Waals surface area (Å²) in [6.45, 7) is 1.38. The fourth-order valence-electron chi connectivity index (χ4n) is 2.24. The van der Waals surface area contributed by atoms with E-state index >= 15 is 0 Å². The smallest absolute Gasteiger partial charge is 0.313 e. The number of benzene rings is 2. The highest BCUT2D eigenvalue weighted by Gasteiger charge is 2.21. The summed E-state index contributed by atoms with van der Waals surface area (Å²) in [6.07, 6.45) is 0.552. The van der Waals surface area contributed by atoms with Crippen LogP contribution in [0.3, 0.4) is 0 Å². The standard InChI is InChI=1S/C18H17ClFNO3/c1-2-14(12-6-4-3-5-7-12)18(23)24-11-17(22)21-16-9-8-13(19)10-15(16)20/h3-10,14H,2,11H2,1H3,(H,21,22)/t14-/m1/s1. The van der Waals surface area contributed by atoms with Crippen LogP contribution in [-0.4, -0.2) is 18.5 Å². The molecule has 0 aliphatic heterocycles. The number of rotatable bonds is 6. The minimum Gasteiger partial charge on any atom is -0.455 e. The molecule has 0 spiro atoms. The van der Waals surface area contributed by atoms with Crippen molar-refractivity contribution in [1.82, 2.24) is 0 Å². The predicted octanol–water partition coefficient (Wildman–Crippen LogP) is 4.15. The second kappa shape index (κ2) is 8.45. The van der Waals surface area contributed by atoms with E-state index in [0.717, 1.165) is 11.6 Å². The SMILES string of the molecule is CC[C@@H](C(=O)OCC(=O)Nc1ccc(Cl)cc1F)c1ccccc1. The molecule has 2 aromatic rings. The van der Waals surface area contributed by atoms with E-state index in [-0.39, 0.29) is 10.7 Å². The Morgan fingerprint density at radius 3 is 2.54 bits per heavy atom. The largest absolute Gasteiger partial charge is 0.455 e. The van der Waals surface area contributed by atoms with E-state index in [9.17, 15) is 14.0 Å². The van der Waals surface area contributed by atoms with Crippen LogP contribution < -0.4 is 5.32 Å². The number of nitrogens with one attached hydrogen (secondary N) is 1. The number of carbonyl (C=O) groups excluding carboxylic acids is 2. The molecule has 126 valence electrons. The number of hydrogen-bond donors (Lipinski definition) is 1. The fourth-order valence-corrected chi connectivity index (χ4v) is 2.40. The molecule has 0 saturated carbocycles. The number of hydrogen-bond acceptors (Lipinski definition) is 3. The van der Waals surface area contributed by atoms with E-state index in [0.29, 0.717) is 6.42 Å². The average molecular weight is 350 g/mol. The van der Waals surface area contributed by atoms with Gasteiger partial charge in [-0.2, -0.15) is 0 Å². The molecule has 1 atom stereocenters. The van der Waals surface area contributed by atoms with Crippen LogP contribution in [0.25, 0.3) is 0 Å². The molecule has 4 nitrogen and oxygen atoms in total. The molecular weight excluding hydrogens is 333 g/mol. The Kier molecular flexibility index (Phi) is 6.32. The summed E-state index contributed by atoms with van der Waals surface area (Å²) in [6, 6.07) is 13.1. The number of anilines is 1. The third-order valence-electron chi connectivity index (χ3n) is 3.45. The van der Waals surface area contributed by atoms with Gasteiger partial charge in [-0.15, -0.1) is 0 Å². The van der Waals surface area contributed by atoms with E-state index in [1.54, 1.807) is 0 Å². The Hall–Kier alpha value is -2.40. The molecule has 0 unspecified atom stereocenters. The Balaban J connectivity index is 1.92. The van der Waals surface area contributed by atoms with E-state index in [4.69, 9.17) is 16.3 Å². The normalized spacial score (nSPS) is 11.6. The zero-order chi connectivity index (χ0) is 17.5. The van der Waals surface area contributed by atoms with Crippen LogP contribution in [0.5, 0.6) is 0 Å².